The first kappa shape index (κ1) is 16.6. The van der Waals surface area contributed by atoms with Gasteiger partial charge in [0.05, 0.1) is 0 Å². The quantitative estimate of drug-likeness (QED) is 0.506. The van der Waals surface area contributed by atoms with Crippen LogP contribution in [0.1, 0.15) is 37.5 Å². The molecule has 4 nitrogen and oxygen atoms in total. The van der Waals surface area contributed by atoms with Crippen LogP contribution in [0.15, 0.2) is 48.5 Å². The second-order valence-corrected chi connectivity index (χ2v) is 6.73. The third-order valence-electron chi connectivity index (χ3n) is 5.01. The van der Waals surface area contributed by atoms with Crippen molar-refractivity contribution in [2.45, 2.75) is 38.9 Å². The SMILES string of the molecule is CC(=O)O[C@H]1CCc2c(ccc3c2ccc2ccccc23)[C@H]1OC(C)=O. The molecule has 0 bridgehead atoms. The van der Waals surface area contributed by atoms with E-state index in [1.807, 2.05) is 18.2 Å². The zero-order chi connectivity index (χ0) is 18.3. The fraction of sp³-hybridized carbons (Fsp3) is 0.273. The zero-order valence-corrected chi connectivity index (χ0v) is 14.8. The van der Waals surface area contributed by atoms with E-state index >= 15 is 0 Å². The van der Waals surface area contributed by atoms with E-state index in [2.05, 4.69) is 30.3 Å². The Labute approximate surface area is 151 Å². The first-order valence-corrected chi connectivity index (χ1v) is 8.82. The van der Waals surface area contributed by atoms with Crippen molar-refractivity contribution < 1.29 is 19.1 Å². The molecule has 0 aromatic heterocycles. The molecule has 0 N–H and O–H groups in total. The molecule has 0 spiro atoms. The first-order valence-electron chi connectivity index (χ1n) is 8.82. The lowest BCUT2D eigenvalue weighted by molar-refractivity contribution is -0.167. The van der Waals surface area contributed by atoms with Gasteiger partial charge in [0.2, 0.25) is 0 Å². The molecular formula is C22H20O4. The molecule has 0 aliphatic heterocycles. The normalized spacial score (nSPS) is 19.2. The summed E-state index contributed by atoms with van der Waals surface area (Å²) in [5.74, 6) is -0.735. The van der Waals surface area contributed by atoms with E-state index in [9.17, 15) is 9.59 Å². The lowest BCUT2D eigenvalue weighted by Crippen LogP contribution is -2.32. The maximum atomic E-state index is 11.6. The molecule has 0 saturated carbocycles. The Hall–Kier alpha value is -2.88. The summed E-state index contributed by atoms with van der Waals surface area (Å²) in [6.45, 7) is 2.76. The summed E-state index contributed by atoms with van der Waals surface area (Å²) in [7, 11) is 0. The van der Waals surface area contributed by atoms with Crippen molar-refractivity contribution >= 4 is 33.5 Å². The van der Waals surface area contributed by atoms with Crippen molar-refractivity contribution in [3.05, 3.63) is 59.7 Å². The predicted octanol–water partition coefficient (Wildman–Crippen LogP) is 4.48. The molecule has 0 amide bonds. The molecule has 2 atom stereocenters. The van der Waals surface area contributed by atoms with Crippen LogP contribution in [-0.4, -0.2) is 18.0 Å². The summed E-state index contributed by atoms with van der Waals surface area (Å²) in [5, 5.41) is 4.76. The van der Waals surface area contributed by atoms with Crippen LogP contribution in [0, 0.1) is 0 Å². The second-order valence-electron chi connectivity index (χ2n) is 6.73. The average molecular weight is 348 g/mol. The molecule has 3 aromatic carbocycles. The van der Waals surface area contributed by atoms with E-state index in [1.54, 1.807) is 0 Å². The molecule has 4 heteroatoms. The molecule has 0 radical (unpaired) electrons. The molecule has 26 heavy (non-hydrogen) atoms. The summed E-state index contributed by atoms with van der Waals surface area (Å²) >= 11 is 0. The third kappa shape index (κ3) is 2.81. The average Bonchev–Trinajstić information content (AvgIpc) is 2.62. The van der Waals surface area contributed by atoms with Gasteiger partial charge in [-0.15, -0.1) is 0 Å². The largest absolute Gasteiger partial charge is 0.458 e. The number of rotatable bonds is 2. The van der Waals surface area contributed by atoms with E-state index in [4.69, 9.17) is 9.47 Å². The Kier molecular flexibility index (Phi) is 4.11. The highest BCUT2D eigenvalue weighted by Gasteiger charge is 2.35. The van der Waals surface area contributed by atoms with Crippen molar-refractivity contribution in [1.29, 1.82) is 0 Å². The van der Waals surface area contributed by atoms with Gasteiger partial charge in [-0.1, -0.05) is 48.5 Å². The third-order valence-corrected chi connectivity index (χ3v) is 5.01. The van der Waals surface area contributed by atoms with Crippen molar-refractivity contribution in [2.75, 3.05) is 0 Å². The lowest BCUT2D eigenvalue weighted by atomic mass is 9.83. The van der Waals surface area contributed by atoms with Gasteiger partial charge in [0.1, 0.15) is 6.10 Å². The van der Waals surface area contributed by atoms with Crippen LogP contribution in [0.3, 0.4) is 0 Å². The summed E-state index contributed by atoms with van der Waals surface area (Å²) in [6, 6.07) is 16.6. The molecule has 0 saturated heterocycles. The molecule has 0 heterocycles. The minimum Gasteiger partial charge on any atom is -0.458 e. The fourth-order valence-electron chi connectivity index (χ4n) is 4.00. The highest BCUT2D eigenvalue weighted by molar-refractivity contribution is 6.08. The predicted molar refractivity (Wildman–Crippen MR) is 99.8 cm³/mol. The van der Waals surface area contributed by atoms with Crippen LogP contribution in [0.2, 0.25) is 0 Å². The van der Waals surface area contributed by atoms with Gasteiger partial charge in [-0.3, -0.25) is 9.59 Å². The smallest absolute Gasteiger partial charge is 0.303 e. The zero-order valence-electron chi connectivity index (χ0n) is 14.8. The van der Waals surface area contributed by atoms with Gasteiger partial charge in [-0.2, -0.15) is 0 Å². The van der Waals surface area contributed by atoms with E-state index in [0.29, 0.717) is 6.42 Å². The number of ether oxygens (including phenoxy) is 2. The first-order chi connectivity index (χ1) is 12.5. The minimum absolute atomic E-state index is 0.359. The van der Waals surface area contributed by atoms with Crippen molar-refractivity contribution in [2.24, 2.45) is 0 Å². The molecule has 3 aromatic rings. The Morgan fingerprint density at radius 1 is 0.846 bits per heavy atom. The molecule has 0 unspecified atom stereocenters. The van der Waals surface area contributed by atoms with Crippen molar-refractivity contribution in [1.82, 2.24) is 0 Å². The maximum Gasteiger partial charge on any atom is 0.303 e. The minimum atomic E-state index is -0.559. The number of hydrogen-bond donors (Lipinski definition) is 0. The number of aryl methyl sites for hydroxylation is 1. The molecule has 1 aliphatic rings. The highest BCUT2D eigenvalue weighted by Crippen LogP contribution is 2.40. The van der Waals surface area contributed by atoms with Crippen LogP contribution in [0.5, 0.6) is 0 Å². The Balaban J connectivity index is 1.89. The number of hydrogen-bond acceptors (Lipinski definition) is 4. The Morgan fingerprint density at radius 2 is 1.58 bits per heavy atom. The van der Waals surface area contributed by atoms with E-state index in [-0.39, 0.29) is 11.9 Å². The fourth-order valence-corrected chi connectivity index (χ4v) is 4.00. The molecular weight excluding hydrogens is 328 g/mol. The van der Waals surface area contributed by atoms with Crippen LogP contribution in [-0.2, 0) is 25.5 Å². The Bertz CT molecular complexity index is 1020. The van der Waals surface area contributed by atoms with Gasteiger partial charge in [0.15, 0.2) is 6.10 Å². The molecule has 1 aliphatic carbocycles. The van der Waals surface area contributed by atoms with E-state index in [0.717, 1.165) is 12.0 Å². The topological polar surface area (TPSA) is 52.6 Å². The summed E-state index contributed by atoms with van der Waals surface area (Å²) < 4.78 is 11.0. The monoisotopic (exact) mass is 348 g/mol. The van der Waals surface area contributed by atoms with E-state index < -0.39 is 12.2 Å². The number of benzene rings is 3. The van der Waals surface area contributed by atoms with Gasteiger partial charge < -0.3 is 9.47 Å². The summed E-state index contributed by atoms with van der Waals surface area (Å²) in [5.41, 5.74) is 2.10. The standard InChI is InChI=1S/C22H20O4/c1-13(23)25-21-12-11-19-18-8-7-15-5-3-4-6-16(15)17(18)9-10-20(19)22(21)26-14(2)24/h3-10,21-22H,11-12H2,1-2H3/t21-,22+/m0/s1. The van der Waals surface area contributed by atoms with Crippen LogP contribution in [0.25, 0.3) is 21.5 Å². The van der Waals surface area contributed by atoms with Gasteiger partial charge >= 0.3 is 11.9 Å². The van der Waals surface area contributed by atoms with Gasteiger partial charge in [0, 0.05) is 19.4 Å². The number of carbonyl (C=O) groups excluding carboxylic acids is 2. The highest BCUT2D eigenvalue weighted by atomic mass is 16.6. The van der Waals surface area contributed by atoms with Crippen LogP contribution < -0.4 is 0 Å². The van der Waals surface area contributed by atoms with Crippen molar-refractivity contribution in [3.63, 3.8) is 0 Å². The number of esters is 2. The number of carbonyl (C=O) groups is 2. The van der Waals surface area contributed by atoms with Crippen molar-refractivity contribution in [3.8, 4) is 0 Å². The number of fused-ring (bicyclic) bond motifs is 5. The van der Waals surface area contributed by atoms with Crippen LogP contribution >= 0.6 is 0 Å². The van der Waals surface area contributed by atoms with E-state index in [1.165, 1.54) is 41.0 Å². The molecule has 132 valence electrons. The molecule has 0 fully saturated rings. The lowest BCUT2D eigenvalue weighted by Gasteiger charge is -2.33. The molecule has 4 rings (SSSR count). The second kappa shape index (κ2) is 6.45. The van der Waals surface area contributed by atoms with Gasteiger partial charge in [-0.25, -0.2) is 0 Å². The summed E-state index contributed by atoms with van der Waals surface area (Å²) in [4.78, 5) is 23.1. The maximum absolute atomic E-state index is 11.6. The summed E-state index contributed by atoms with van der Waals surface area (Å²) in [6.07, 6.45) is 0.412. The Morgan fingerprint density at radius 3 is 2.35 bits per heavy atom. The van der Waals surface area contributed by atoms with Gasteiger partial charge in [0.25, 0.3) is 0 Å². The van der Waals surface area contributed by atoms with Crippen LogP contribution in [0.4, 0.5) is 0 Å². The van der Waals surface area contributed by atoms with Gasteiger partial charge in [-0.05, 0) is 39.9 Å².